The first-order valence-corrected chi connectivity index (χ1v) is 4.86. The summed E-state index contributed by atoms with van der Waals surface area (Å²) in [6, 6.07) is 3.63. The third kappa shape index (κ3) is 1.71. The molecule has 1 heterocycles. The van der Waals surface area contributed by atoms with E-state index in [0.29, 0.717) is 23.2 Å². The molecule has 2 rings (SSSR count). The fourth-order valence-electron chi connectivity index (χ4n) is 1.52. The summed E-state index contributed by atoms with van der Waals surface area (Å²) in [6.45, 7) is 3.69. The Balaban J connectivity index is 2.56. The molecule has 0 saturated carbocycles. The summed E-state index contributed by atoms with van der Waals surface area (Å²) >= 11 is 0. The summed E-state index contributed by atoms with van der Waals surface area (Å²) in [6.07, 6.45) is 0. The lowest BCUT2D eigenvalue weighted by Crippen LogP contribution is -1.95. The van der Waals surface area contributed by atoms with Crippen molar-refractivity contribution < 1.29 is 9.15 Å². The van der Waals surface area contributed by atoms with Crippen LogP contribution in [0, 0.1) is 13.8 Å². The van der Waals surface area contributed by atoms with Gasteiger partial charge in [0.15, 0.2) is 0 Å². The zero-order valence-electron chi connectivity index (χ0n) is 9.44. The largest absolute Gasteiger partial charge is 0.495 e. The third-order valence-corrected chi connectivity index (χ3v) is 2.33. The number of aromatic nitrogens is 2. The Morgan fingerprint density at radius 2 is 2.00 bits per heavy atom. The second-order valence-electron chi connectivity index (χ2n) is 3.54. The van der Waals surface area contributed by atoms with Crippen LogP contribution in [0.4, 0.5) is 5.69 Å². The summed E-state index contributed by atoms with van der Waals surface area (Å²) in [5.74, 6) is 1.62. The number of aryl methyl sites for hydroxylation is 2. The molecule has 2 N–H and O–H groups in total. The molecule has 0 aliphatic rings. The Hall–Kier alpha value is -2.04. The van der Waals surface area contributed by atoms with E-state index in [1.54, 1.807) is 20.1 Å². The highest BCUT2D eigenvalue weighted by molar-refractivity contribution is 5.68. The van der Waals surface area contributed by atoms with Crippen molar-refractivity contribution in [2.24, 2.45) is 0 Å². The van der Waals surface area contributed by atoms with Gasteiger partial charge >= 0.3 is 0 Å². The van der Waals surface area contributed by atoms with E-state index >= 15 is 0 Å². The van der Waals surface area contributed by atoms with Crippen LogP contribution in [-0.4, -0.2) is 17.3 Å². The van der Waals surface area contributed by atoms with Gasteiger partial charge in [-0.1, -0.05) is 0 Å². The molecule has 5 nitrogen and oxygen atoms in total. The Morgan fingerprint density at radius 1 is 1.25 bits per heavy atom. The Bertz CT molecular complexity index is 520. The maximum Gasteiger partial charge on any atom is 0.248 e. The summed E-state index contributed by atoms with van der Waals surface area (Å²) in [4.78, 5) is 0. The number of methoxy groups -OCH3 is 1. The predicted molar refractivity (Wildman–Crippen MR) is 60.2 cm³/mol. The van der Waals surface area contributed by atoms with E-state index in [1.165, 1.54) is 0 Å². The molecule has 84 valence electrons. The number of nitrogens with zero attached hydrogens (tertiary/aromatic N) is 2. The van der Waals surface area contributed by atoms with Crippen molar-refractivity contribution in [3.8, 4) is 17.2 Å². The van der Waals surface area contributed by atoms with E-state index in [0.717, 1.165) is 11.1 Å². The van der Waals surface area contributed by atoms with Gasteiger partial charge in [0.25, 0.3) is 0 Å². The highest BCUT2D eigenvalue weighted by Gasteiger charge is 2.12. The lowest BCUT2D eigenvalue weighted by atomic mass is 10.1. The molecule has 0 atom stereocenters. The molecule has 0 spiro atoms. The van der Waals surface area contributed by atoms with E-state index in [-0.39, 0.29) is 0 Å². The van der Waals surface area contributed by atoms with Crippen LogP contribution >= 0.6 is 0 Å². The highest BCUT2D eigenvalue weighted by Crippen LogP contribution is 2.31. The van der Waals surface area contributed by atoms with Gasteiger partial charge in [0.2, 0.25) is 11.8 Å². The zero-order valence-corrected chi connectivity index (χ0v) is 9.44. The number of ether oxygens (including phenoxy) is 1. The van der Waals surface area contributed by atoms with Gasteiger partial charge in [-0.25, -0.2) is 0 Å². The SMILES string of the molecule is COc1cc(-c2nnc(C)o2)c(C)cc1N. The fourth-order valence-corrected chi connectivity index (χ4v) is 1.52. The first kappa shape index (κ1) is 10.5. The molecule has 0 bridgehead atoms. The predicted octanol–water partition coefficient (Wildman–Crippen LogP) is 1.94. The zero-order chi connectivity index (χ0) is 11.7. The van der Waals surface area contributed by atoms with Crippen LogP contribution in [0.15, 0.2) is 16.5 Å². The third-order valence-electron chi connectivity index (χ3n) is 2.33. The summed E-state index contributed by atoms with van der Waals surface area (Å²) < 4.78 is 10.5. The quantitative estimate of drug-likeness (QED) is 0.781. The first-order chi connectivity index (χ1) is 7.61. The molecule has 0 saturated heterocycles. The number of nitrogen functional groups attached to an aromatic ring is 1. The van der Waals surface area contributed by atoms with E-state index in [2.05, 4.69) is 10.2 Å². The summed E-state index contributed by atoms with van der Waals surface area (Å²) in [5, 5.41) is 7.76. The first-order valence-electron chi connectivity index (χ1n) is 4.86. The van der Waals surface area contributed by atoms with Gasteiger partial charge < -0.3 is 14.9 Å². The van der Waals surface area contributed by atoms with Crippen LogP contribution in [0.5, 0.6) is 5.75 Å². The molecule has 0 aliphatic heterocycles. The summed E-state index contributed by atoms with van der Waals surface area (Å²) in [5.41, 5.74) is 8.20. The van der Waals surface area contributed by atoms with E-state index in [9.17, 15) is 0 Å². The number of rotatable bonds is 2. The number of anilines is 1. The van der Waals surface area contributed by atoms with Crippen molar-refractivity contribution >= 4 is 5.69 Å². The minimum absolute atomic E-state index is 0.480. The highest BCUT2D eigenvalue weighted by atomic mass is 16.5. The molecule has 1 aromatic heterocycles. The maximum atomic E-state index is 5.79. The van der Waals surface area contributed by atoms with Gasteiger partial charge in [0.1, 0.15) is 5.75 Å². The second-order valence-corrected chi connectivity index (χ2v) is 3.54. The van der Waals surface area contributed by atoms with E-state index in [1.807, 2.05) is 13.0 Å². The molecule has 0 fully saturated rings. The normalized spacial score (nSPS) is 10.4. The molecule has 0 radical (unpaired) electrons. The Morgan fingerprint density at radius 3 is 2.56 bits per heavy atom. The molecule has 0 amide bonds. The van der Waals surface area contributed by atoms with Crippen LogP contribution in [0.3, 0.4) is 0 Å². The summed E-state index contributed by atoms with van der Waals surface area (Å²) in [7, 11) is 1.57. The van der Waals surface area contributed by atoms with Crippen LogP contribution in [0.25, 0.3) is 11.5 Å². The topological polar surface area (TPSA) is 74.2 Å². The molecule has 0 unspecified atom stereocenters. The van der Waals surface area contributed by atoms with Gasteiger partial charge in [-0.15, -0.1) is 10.2 Å². The number of hydrogen-bond donors (Lipinski definition) is 1. The lowest BCUT2D eigenvalue weighted by Gasteiger charge is -2.08. The molecular formula is C11H13N3O2. The van der Waals surface area contributed by atoms with Crippen LogP contribution in [-0.2, 0) is 0 Å². The Labute approximate surface area is 93.2 Å². The number of benzene rings is 1. The van der Waals surface area contributed by atoms with Gasteiger partial charge in [-0.3, -0.25) is 0 Å². The van der Waals surface area contributed by atoms with Crippen LogP contribution in [0.1, 0.15) is 11.5 Å². The number of hydrogen-bond acceptors (Lipinski definition) is 5. The van der Waals surface area contributed by atoms with Gasteiger partial charge in [0, 0.05) is 12.5 Å². The molecule has 16 heavy (non-hydrogen) atoms. The van der Waals surface area contributed by atoms with Gasteiger partial charge in [-0.2, -0.15) is 0 Å². The van der Waals surface area contributed by atoms with Crippen molar-refractivity contribution in [2.75, 3.05) is 12.8 Å². The minimum Gasteiger partial charge on any atom is -0.495 e. The van der Waals surface area contributed by atoms with Gasteiger partial charge in [-0.05, 0) is 24.6 Å². The molecular weight excluding hydrogens is 206 g/mol. The van der Waals surface area contributed by atoms with Crippen LogP contribution in [0.2, 0.25) is 0 Å². The average Bonchev–Trinajstić information content (AvgIpc) is 2.65. The second kappa shape index (κ2) is 3.84. The molecule has 1 aromatic carbocycles. The van der Waals surface area contributed by atoms with Gasteiger partial charge in [0.05, 0.1) is 12.8 Å². The van der Waals surface area contributed by atoms with Crippen molar-refractivity contribution in [3.05, 3.63) is 23.6 Å². The molecule has 2 aromatic rings. The van der Waals surface area contributed by atoms with Crippen molar-refractivity contribution in [1.82, 2.24) is 10.2 Å². The van der Waals surface area contributed by atoms with Crippen molar-refractivity contribution in [3.63, 3.8) is 0 Å². The van der Waals surface area contributed by atoms with E-state index < -0.39 is 0 Å². The lowest BCUT2D eigenvalue weighted by molar-refractivity contribution is 0.417. The standard InChI is InChI=1S/C11H13N3O2/c1-6-4-9(12)10(15-3)5-8(6)11-14-13-7(2)16-11/h4-5H,12H2,1-3H3. The molecule has 5 heteroatoms. The maximum absolute atomic E-state index is 5.79. The average molecular weight is 219 g/mol. The monoisotopic (exact) mass is 219 g/mol. The van der Waals surface area contributed by atoms with Crippen molar-refractivity contribution in [2.45, 2.75) is 13.8 Å². The van der Waals surface area contributed by atoms with Crippen LogP contribution < -0.4 is 10.5 Å². The van der Waals surface area contributed by atoms with E-state index in [4.69, 9.17) is 14.9 Å². The Kier molecular flexibility index (Phi) is 2.52. The minimum atomic E-state index is 0.480. The fraction of sp³-hybridized carbons (Fsp3) is 0.273. The smallest absolute Gasteiger partial charge is 0.248 e. The number of nitrogens with two attached hydrogens (primary N) is 1. The molecule has 0 aliphatic carbocycles. The van der Waals surface area contributed by atoms with Crippen molar-refractivity contribution in [1.29, 1.82) is 0 Å².